The Labute approximate surface area is 261 Å². The van der Waals surface area contributed by atoms with Gasteiger partial charge in [0.05, 0.1) is 31.4 Å². The molecule has 230 valence electrons. The average molecular weight is 608 g/mol. The maximum Gasteiger partial charge on any atom is 0.230 e. The van der Waals surface area contributed by atoms with E-state index in [2.05, 4.69) is 53.3 Å². The van der Waals surface area contributed by atoms with Crippen molar-refractivity contribution in [3.8, 4) is 23.2 Å². The molecule has 1 unspecified atom stereocenters. The molecule has 7 rings (SSSR count). The fourth-order valence-electron chi connectivity index (χ4n) is 5.95. The topological polar surface area (TPSA) is 116 Å². The molecule has 3 aliphatic heterocycles. The van der Waals surface area contributed by atoms with Gasteiger partial charge >= 0.3 is 0 Å². The molecule has 0 bridgehead atoms. The summed E-state index contributed by atoms with van der Waals surface area (Å²) in [5, 5.41) is 13.1. The van der Waals surface area contributed by atoms with E-state index in [4.69, 9.17) is 9.47 Å². The van der Waals surface area contributed by atoms with Crippen molar-refractivity contribution in [3.05, 3.63) is 78.8 Å². The van der Waals surface area contributed by atoms with Crippen LogP contribution >= 0.6 is 0 Å². The van der Waals surface area contributed by atoms with Crippen LogP contribution in [-0.2, 0) is 4.74 Å². The lowest BCUT2D eigenvalue weighted by Gasteiger charge is -2.43. The van der Waals surface area contributed by atoms with Gasteiger partial charge in [0.15, 0.2) is 12.0 Å². The van der Waals surface area contributed by atoms with Gasteiger partial charge in [-0.1, -0.05) is 6.07 Å². The molecule has 2 aromatic heterocycles. The minimum atomic E-state index is -1.23. The summed E-state index contributed by atoms with van der Waals surface area (Å²) in [5.41, 5.74) is 2.97. The van der Waals surface area contributed by atoms with Crippen LogP contribution in [0.25, 0.3) is 11.4 Å². The van der Waals surface area contributed by atoms with Gasteiger partial charge in [0, 0.05) is 62.3 Å². The van der Waals surface area contributed by atoms with Gasteiger partial charge in [-0.2, -0.15) is 10.2 Å². The Hall–Kier alpha value is -4.86. The number of piperidine rings is 1. The van der Waals surface area contributed by atoms with E-state index in [1.54, 1.807) is 24.4 Å². The Morgan fingerprint density at radius 3 is 2.49 bits per heavy atom. The molecule has 45 heavy (non-hydrogen) atoms. The Morgan fingerprint density at radius 2 is 1.78 bits per heavy atom. The minimum absolute atomic E-state index is 0.179. The molecule has 11 nitrogen and oxygen atoms in total. The van der Waals surface area contributed by atoms with Crippen molar-refractivity contribution >= 4 is 23.1 Å². The highest BCUT2D eigenvalue weighted by Crippen LogP contribution is 2.29. The molecule has 2 aromatic carbocycles. The monoisotopic (exact) mass is 607 g/mol. The Kier molecular flexibility index (Phi) is 8.35. The van der Waals surface area contributed by atoms with Gasteiger partial charge in [-0.15, -0.1) is 0 Å². The van der Waals surface area contributed by atoms with Crippen molar-refractivity contribution in [3.63, 3.8) is 0 Å². The van der Waals surface area contributed by atoms with Crippen LogP contribution in [0.2, 0.25) is 0 Å². The highest BCUT2D eigenvalue weighted by Gasteiger charge is 2.32. The Balaban J connectivity index is 0.975. The van der Waals surface area contributed by atoms with Gasteiger partial charge in [-0.25, -0.2) is 19.3 Å². The van der Waals surface area contributed by atoms with Gasteiger partial charge in [-0.05, 0) is 54.6 Å². The molecule has 0 saturated carbocycles. The third-order valence-electron chi connectivity index (χ3n) is 8.60. The first-order chi connectivity index (χ1) is 22.1. The molecule has 3 fully saturated rings. The number of pyridine rings is 1. The molecule has 3 saturated heterocycles. The molecule has 3 aliphatic rings. The number of piperazine rings is 1. The lowest BCUT2D eigenvalue weighted by Crippen LogP contribution is -2.56. The number of hydrogen-bond donors (Lipinski definition) is 1. The Morgan fingerprint density at radius 1 is 0.933 bits per heavy atom. The number of nitrogens with one attached hydrogen (secondary N) is 1. The zero-order valence-corrected chi connectivity index (χ0v) is 24.8. The first kappa shape index (κ1) is 28.9. The number of alkyl halides is 1. The van der Waals surface area contributed by atoms with Crippen LogP contribution in [0.1, 0.15) is 12.0 Å². The number of aromatic nitrogens is 4. The van der Waals surface area contributed by atoms with E-state index in [1.807, 2.05) is 35.2 Å². The largest absolute Gasteiger partial charge is 0.486 e. The molecular formula is C33H34FN9O2. The number of ether oxygens (including phenoxy) is 2. The molecular weight excluding hydrogens is 573 g/mol. The molecule has 0 spiro atoms. The summed E-state index contributed by atoms with van der Waals surface area (Å²) in [4.78, 5) is 24.3. The van der Waals surface area contributed by atoms with Crippen LogP contribution in [-0.4, -0.2) is 95.6 Å². The molecule has 0 amide bonds. The number of hydrogen-bond acceptors (Lipinski definition) is 11. The van der Waals surface area contributed by atoms with Crippen molar-refractivity contribution in [2.45, 2.75) is 24.7 Å². The third-order valence-corrected chi connectivity index (χ3v) is 8.60. The number of rotatable bonds is 8. The standard InChI is InChI=1S/C33H34FN9O2/c34-28-19-43(31-3-1-2-11-36-31)12-10-30(28)45-29-9-4-23(17-24(29)18-35)32-37-22-38-33(40-32)39-25-5-7-26(8-6-25)41-13-15-42(16-14-41)27-20-44-21-27/h1-9,11,17,22,27-28,30H,10,12-16,19-21H2,(H,37,38,39,40)/t28-,30?/m1/s1. The van der Waals surface area contributed by atoms with Crippen molar-refractivity contribution in [2.75, 3.05) is 67.6 Å². The van der Waals surface area contributed by atoms with Crippen LogP contribution in [0.4, 0.5) is 27.5 Å². The highest BCUT2D eigenvalue weighted by atomic mass is 19.1. The molecule has 0 radical (unpaired) electrons. The van der Waals surface area contributed by atoms with Gasteiger partial charge in [0.25, 0.3) is 0 Å². The molecule has 4 aromatic rings. The third kappa shape index (κ3) is 6.50. The summed E-state index contributed by atoms with van der Waals surface area (Å²) in [6, 6.07) is 21.7. The van der Waals surface area contributed by atoms with Crippen molar-refractivity contribution in [2.24, 2.45) is 0 Å². The lowest BCUT2D eigenvalue weighted by molar-refractivity contribution is -0.0660. The first-order valence-electron chi connectivity index (χ1n) is 15.3. The second-order valence-electron chi connectivity index (χ2n) is 11.4. The van der Waals surface area contributed by atoms with Crippen LogP contribution in [0.15, 0.2) is 73.2 Å². The van der Waals surface area contributed by atoms with Gasteiger partial charge < -0.3 is 24.6 Å². The zero-order valence-electron chi connectivity index (χ0n) is 24.8. The number of nitrogens with zero attached hydrogens (tertiary/aromatic N) is 8. The molecule has 2 atom stereocenters. The van der Waals surface area contributed by atoms with E-state index >= 15 is 4.39 Å². The van der Waals surface area contributed by atoms with Gasteiger partial charge in [0.1, 0.15) is 30.1 Å². The second-order valence-corrected chi connectivity index (χ2v) is 11.4. The summed E-state index contributed by atoms with van der Waals surface area (Å²) in [6.45, 7) is 6.58. The summed E-state index contributed by atoms with van der Waals surface area (Å²) >= 11 is 0. The molecule has 5 heterocycles. The number of benzene rings is 2. The second kappa shape index (κ2) is 13.0. The zero-order chi connectivity index (χ0) is 30.6. The summed E-state index contributed by atoms with van der Waals surface area (Å²) < 4.78 is 26.5. The van der Waals surface area contributed by atoms with E-state index < -0.39 is 12.3 Å². The number of anilines is 4. The van der Waals surface area contributed by atoms with Crippen LogP contribution in [0, 0.1) is 11.3 Å². The van der Waals surface area contributed by atoms with E-state index in [-0.39, 0.29) is 6.54 Å². The van der Waals surface area contributed by atoms with E-state index in [0.717, 1.165) is 50.9 Å². The van der Waals surface area contributed by atoms with E-state index in [9.17, 15) is 5.26 Å². The lowest BCUT2D eigenvalue weighted by atomic mass is 10.0. The van der Waals surface area contributed by atoms with E-state index in [0.29, 0.717) is 47.7 Å². The van der Waals surface area contributed by atoms with Crippen LogP contribution in [0.3, 0.4) is 0 Å². The smallest absolute Gasteiger partial charge is 0.230 e. The maximum absolute atomic E-state index is 15.1. The maximum atomic E-state index is 15.1. The predicted octanol–water partition coefficient (Wildman–Crippen LogP) is 4.07. The van der Waals surface area contributed by atoms with Gasteiger partial charge in [-0.3, -0.25) is 4.90 Å². The van der Waals surface area contributed by atoms with E-state index in [1.165, 1.54) is 12.0 Å². The fraction of sp³-hybridized carbons (Fsp3) is 0.364. The average Bonchev–Trinajstić information content (AvgIpc) is 3.06. The normalized spacial score (nSPS) is 20.7. The fourth-order valence-corrected chi connectivity index (χ4v) is 5.95. The quantitative estimate of drug-likeness (QED) is 0.313. The minimum Gasteiger partial charge on any atom is -0.486 e. The summed E-state index contributed by atoms with van der Waals surface area (Å²) in [7, 11) is 0. The predicted molar refractivity (Wildman–Crippen MR) is 168 cm³/mol. The van der Waals surface area contributed by atoms with Crippen molar-refractivity contribution < 1.29 is 13.9 Å². The Bertz CT molecular complexity index is 1640. The number of halogens is 1. The van der Waals surface area contributed by atoms with Crippen molar-refractivity contribution in [1.29, 1.82) is 5.26 Å². The van der Waals surface area contributed by atoms with Crippen LogP contribution in [0.5, 0.6) is 5.75 Å². The van der Waals surface area contributed by atoms with Gasteiger partial charge in [0.2, 0.25) is 5.95 Å². The molecule has 1 N–H and O–H groups in total. The van der Waals surface area contributed by atoms with Crippen LogP contribution < -0.4 is 19.9 Å². The van der Waals surface area contributed by atoms with Crippen molar-refractivity contribution in [1.82, 2.24) is 24.8 Å². The molecule has 0 aliphatic carbocycles. The highest BCUT2D eigenvalue weighted by molar-refractivity contribution is 5.64. The summed E-state index contributed by atoms with van der Waals surface area (Å²) in [5.74, 6) is 1.89. The first-order valence-corrected chi connectivity index (χ1v) is 15.3. The number of nitriles is 1. The summed E-state index contributed by atoms with van der Waals surface area (Å²) in [6.07, 6.45) is 1.72. The SMILES string of the molecule is N#Cc1cc(-c2ncnc(Nc3ccc(N4CCN(C5COC5)CC4)cc3)n2)ccc1OC1CCN(c2ccccn2)C[C@H]1F. The molecule has 12 heteroatoms.